The average Bonchev–Trinajstić information content (AvgIpc) is 1.82. The third-order valence-corrected chi connectivity index (χ3v) is 1.85. The topological polar surface area (TPSA) is 38.4 Å². The maximum Gasteiger partial charge on any atom is 0.0341 e. The Morgan fingerprint density at radius 1 is 1.89 bits per heavy atom. The van der Waals surface area contributed by atoms with Gasteiger partial charge in [-0.1, -0.05) is 6.08 Å². The summed E-state index contributed by atoms with van der Waals surface area (Å²) in [7, 11) is 0. The third-order valence-electron chi connectivity index (χ3n) is 0.903. The van der Waals surface area contributed by atoms with Crippen molar-refractivity contribution in [2.45, 2.75) is 19.9 Å². The number of hydrogen-bond donors (Lipinski definition) is 1. The fourth-order valence-electron chi connectivity index (χ4n) is 0.473. The van der Waals surface area contributed by atoms with E-state index in [9.17, 15) is 0 Å². The van der Waals surface area contributed by atoms with Crippen molar-refractivity contribution in [3.8, 4) is 0 Å². The minimum atomic E-state index is 0.0745. The molecular formula is C6H12N2S. The van der Waals surface area contributed by atoms with Crippen molar-refractivity contribution in [3.63, 3.8) is 0 Å². The van der Waals surface area contributed by atoms with Crippen molar-refractivity contribution < 1.29 is 0 Å². The van der Waals surface area contributed by atoms with Gasteiger partial charge >= 0.3 is 0 Å². The lowest BCUT2D eigenvalue weighted by Gasteiger charge is -2.04. The van der Waals surface area contributed by atoms with Gasteiger partial charge in [-0.2, -0.15) is 0 Å². The summed E-state index contributed by atoms with van der Waals surface area (Å²) < 4.78 is 3.65. The zero-order valence-electron chi connectivity index (χ0n) is 5.79. The molecule has 0 saturated carbocycles. The van der Waals surface area contributed by atoms with Crippen LogP contribution in [-0.2, 0) is 0 Å². The van der Waals surface area contributed by atoms with Crippen molar-refractivity contribution in [3.05, 3.63) is 11.0 Å². The van der Waals surface area contributed by atoms with Crippen LogP contribution in [0, 0.1) is 0 Å². The van der Waals surface area contributed by atoms with Gasteiger partial charge in [-0.25, -0.2) is 4.40 Å². The van der Waals surface area contributed by atoms with Crippen LogP contribution in [0.15, 0.2) is 15.4 Å². The second kappa shape index (κ2) is 4.58. The maximum atomic E-state index is 5.56. The number of nitrogens with two attached hydrogens (primary N) is 1. The van der Waals surface area contributed by atoms with Gasteiger partial charge in [0.1, 0.15) is 0 Å². The van der Waals surface area contributed by atoms with E-state index in [1.807, 2.05) is 19.9 Å². The summed E-state index contributed by atoms with van der Waals surface area (Å²) in [6.45, 7) is 7.21. The molecule has 0 fully saturated rings. The molecular weight excluding hydrogens is 132 g/mol. The number of allylic oxidation sites excluding steroid dienone is 1. The van der Waals surface area contributed by atoms with Gasteiger partial charge in [0.2, 0.25) is 0 Å². The molecule has 0 spiro atoms. The van der Waals surface area contributed by atoms with Gasteiger partial charge < -0.3 is 5.73 Å². The summed E-state index contributed by atoms with van der Waals surface area (Å²) in [5, 5.41) is 0. The molecule has 0 aromatic carbocycles. The molecule has 9 heavy (non-hydrogen) atoms. The van der Waals surface area contributed by atoms with E-state index in [-0.39, 0.29) is 6.04 Å². The van der Waals surface area contributed by atoms with Gasteiger partial charge in [0, 0.05) is 22.9 Å². The summed E-state index contributed by atoms with van der Waals surface area (Å²) in [4.78, 5) is 1.06. The molecule has 0 amide bonds. The molecule has 2 N–H and O–H groups in total. The molecule has 0 bridgehead atoms. The highest BCUT2D eigenvalue weighted by atomic mass is 32.2. The van der Waals surface area contributed by atoms with Crippen LogP contribution >= 0.6 is 11.9 Å². The van der Waals surface area contributed by atoms with Crippen molar-refractivity contribution in [2.24, 2.45) is 10.1 Å². The van der Waals surface area contributed by atoms with Crippen molar-refractivity contribution in [2.75, 3.05) is 0 Å². The SMILES string of the molecule is C=NS/C(=C/C)[C@H](C)N. The fraction of sp³-hybridized carbons (Fsp3) is 0.500. The van der Waals surface area contributed by atoms with Gasteiger partial charge in [0.05, 0.1) is 0 Å². The quantitative estimate of drug-likeness (QED) is 0.482. The Morgan fingerprint density at radius 3 is 2.56 bits per heavy atom. The Kier molecular flexibility index (Phi) is 4.44. The maximum absolute atomic E-state index is 5.56. The van der Waals surface area contributed by atoms with Crippen molar-refractivity contribution in [1.29, 1.82) is 0 Å². The normalized spacial score (nSPS) is 15.2. The highest BCUT2D eigenvalue weighted by molar-refractivity contribution is 8.02. The van der Waals surface area contributed by atoms with Gasteiger partial charge in [-0.05, 0) is 20.6 Å². The lowest BCUT2D eigenvalue weighted by molar-refractivity contribution is 0.909. The van der Waals surface area contributed by atoms with E-state index >= 15 is 0 Å². The van der Waals surface area contributed by atoms with Crippen molar-refractivity contribution in [1.82, 2.24) is 0 Å². The van der Waals surface area contributed by atoms with E-state index < -0.39 is 0 Å². The first-order valence-electron chi connectivity index (χ1n) is 2.77. The molecule has 0 saturated heterocycles. The molecule has 0 heterocycles. The second-order valence-corrected chi connectivity index (χ2v) is 2.61. The van der Waals surface area contributed by atoms with Crippen LogP contribution < -0.4 is 5.73 Å². The zero-order chi connectivity index (χ0) is 7.28. The first-order chi connectivity index (χ1) is 4.22. The predicted octanol–water partition coefficient (Wildman–Crippen LogP) is 1.59. The van der Waals surface area contributed by atoms with E-state index in [0.29, 0.717) is 0 Å². The van der Waals surface area contributed by atoms with Crippen LogP contribution in [0.2, 0.25) is 0 Å². The summed E-state index contributed by atoms with van der Waals surface area (Å²) in [5.41, 5.74) is 5.56. The van der Waals surface area contributed by atoms with Gasteiger partial charge in [-0.15, -0.1) is 0 Å². The van der Waals surface area contributed by atoms with Crippen molar-refractivity contribution >= 4 is 18.7 Å². The third kappa shape index (κ3) is 3.32. The number of rotatable bonds is 3. The molecule has 0 aliphatic carbocycles. The first-order valence-corrected chi connectivity index (χ1v) is 3.54. The molecule has 0 aliphatic heterocycles. The lowest BCUT2D eigenvalue weighted by atomic mass is 10.3. The van der Waals surface area contributed by atoms with Gasteiger partial charge in [0.25, 0.3) is 0 Å². The molecule has 0 aromatic rings. The lowest BCUT2D eigenvalue weighted by Crippen LogP contribution is -2.15. The molecule has 0 aromatic heterocycles. The summed E-state index contributed by atoms with van der Waals surface area (Å²) in [6.07, 6.45) is 1.95. The second-order valence-electron chi connectivity index (χ2n) is 1.70. The smallest absolute Gasteiger partial charge is 0.0341 e. The summed E-state index contributed by atoms with van der Waals surface area (Å²) in [5.74, 6) is 0. The van der Waals surface area contributed by atoms with E-state index in [0.717, 1.165) is 4.91 Å². The van der Waals surface area contributed by atoms with Crippen LogP contribution in [0.3, 0.4) is 0 Å². The minimum Gasteiger partial charge on any atom is -0.324 e. The van der Waals surface area contributed by atoms with Crippen LogP contribution in [0.25, 0.3) is 0 Å². The van der Waals surface area contributed by atoms with Crippen LogP contribution in [0.1, 0.15) is 13.8 Å². The van der Waals surface area contributed by atoms with E-state index in [1.165, 1.54) is 11.9 Å². The number of hydrogen-bond acceptors (Lipinski definition) is 3. The Morgan fingerprint density at radius 2 is 2.44 bits per heavy atom. The Hall–Kier alpha value is -0.280. The average molecular weight is 144 g/mol. The minimum absolute atomic E-state index is 0.0745. The van der Waals surface area contributed by atoms with Gasteiger partial charge in [0.15, 0.2) is 0 Å². The largest absolute Gasteiger partial charge is 0.324 e. The predicted molar refractivity (Wildman–Crippen MR) is 44.5 cm³/mol. The Labute approximate surface area is 60.4 Å². The van der Waals surface area contributed by atoms with E-state index in [2.05, 4.69) is 11.1 Å². The first kappa shape index (κ1) is 8.72. The Bertz CT molecular complexity index is 118. The standard InChI is InChI=1S/C6H12N2S/c1-4-6(5(2)7)9-8-3/h4-5H,3,7H2,1-2H3/b6-4+/t5-/m0/s1. The molecule has 0 rings (SSSR count). The summed E-state index contributed by atoms with van der Waals surface area (Å²) >= 11 is 1.33. The molecule has 2 nitrogen and oxygen atoms in total. The van der Waals surface area contributed by atoms with E-state index in [1.54, 1.807) is 0 Å². The zero-order valence-corrected chi connectivity index (χ0v) is 6.61. The highest BCUT2D eigenvalue weighted by Gasteiger charge is 1.99. The molecule has 0 unspecified atom stereocenters. The fourth-order valence-corrected chi connectivity index (χ4v) is 0.894. The van der Waals surface area contributed by atoms with Gasteiger partial charge in [-0.3, -0.25) is 0 Å². The van der Waals surface area contributed by atoms with Crippen LogP contribution in [0.5, 0.6) is 0 Å². The van der Waals surface area contributed by atoms with Crippen LogP contribution in [-0.4, -0.2) is 12.8 Å². The number of nitrogens with zero attached hydrogens (tertiary/aromatic N) is 1. The van der Waals surface area contributed by atoms with E-state index in [4.69, 9.17) is 5.73 Å². The van der Waals surface area contributed by atoms with Crippen LogP contribution in [0.4, 0.5) is 0 Å². The molecule has 1 atom stereocenters. The summed E-state index contributed by atoms with van der Waals surface area (Å²) in [6, 6.07) is 0.0745. The molecule has 0 radical (unpaired) electrons. The molecule has 52 valence electrons. The highest BCUT2D eigenvalue weighted by Crippen LogP contribution is 2.17. The molecule has 3 heteroatoms. The molecule has 0 aliphatic rings. The monoisotopic (exact) mass is 144 g/mol. The Balaban J connectivity index is 3.84.